The Bertz CT molecular complexity index is 671. The van der Waals surface area contributed by atoms with E-state index >= 15 is 0 Å². The average Bonchev–Trinajstić information content (AvgIpc) is 2.67. The van der Waals surface area contributed by atoms with Crippen molar-refractivity contribution in [3.63, 3.8) is 0 Å². The lowest BCUT2D eigenvalue weighted by molar-refractivity contribution is 0.372. The number of rotatable bonds is 11. The molecule has 142 valence electrons. The highest BCUT2D eigenvalue weighted by Gasteiger charge is 2.15. The summed E-state index contributed by atoms with van der Waals surface area (Å²) >= 11 is 0. The first-order chi connectivity index (χ1) is 12.7. The van der Waals surface area contributed by atoms with Crippen molar-refractivity contribution in [2.24, 2.45) is 0 Å². The zero-order valence-corrected chi connectivity index (χ0v) is 15.9. The van der Waals surface area contributed by atoms with E-state index in [1.807, 2.05) is 6.07 Å². The summed E-state index contributed by atoms with van der Waals surface area (Å²) in [7, 11) is 1.32. The van der Waals surface area contributed by atoms with Gasteiger partial charge < -0.3 is 4.74 Å². The molecule has 0 spiro atoms. The Kier molecular flexibility index (Phi) is 8.52. The zero-order valence-electron chi connectivity index (χ0n) is 15.9. The van der Waals surface area contributed by atoms with Crippen LogP contribution in [0.5, 0.6) is 5.75 Å². The summed E-state index contributed by atoms with van der Waals surface area (Å²) in [4.78, 5) is 4.31. The molecular formula is C22H29F2NO. The first kappa shape index (κ1) is 20.3. The highest BCUT2D eigenvalue weighted by atomic mass is 19.2. The lowest BCUT2D eigenvalue weighted by Crippen LogP contribution is -1.96. The van der Waals surface area contributed by atoms with Crippen LogP contribution in [0.15, 0.2) is 30.5 Å². The van der Waals surface area contributed by atoms with Crippen LogP contribution in [-0.4, -0.2) is 12.1 Å². The van der Waals surface area contributed by atoms with Gasteiger partial charge in [-0.1, -0.05) is 57.9 Å². The molecule has 2 nitrogen and oxygen atoms in total. The second-order valence-corrected chi connectivity index (χ2v) is 6.72. The molecule has 0 atom stereocenters. The van der Waals surface area contributed by atoms with Crippen molar-refractivity contribution in [1.29, 1.82) is 0 Å². The van der Waals surface area contributed by atoms with Gasteiger partial charge in [0.2, 0.25) is 5.82 Å². The SMILES string of the molecule is CCCCCCCCCCc1ccc(-c2ccc(OC)c(F)c2F)nc1. The minimum Gasteiger partial charge on any atom is -0.494 e. The van der Waals surface area contributed by atoms with Gasteiger partial charge in [-0.15, -0.1) is 0 Å². The second kappa shape index (κ2) is 10.9. The molecule has 0 saturated carbocycles. The van der Waals surface area contributed by atoms with Crippen molar-refractivity contribution in [3.8, 4) is 17.0 Å². The van der Waals surface area contributed by atoms with Crippen LogP contribution >= 0.6 is 0 Å². The Labute approximate surface area is 155 Å². The number of benzene rings is 1. The van der Waals surface area contributed by atoms with E-state index in [-0.39, 0.29) is 11.3 Å². The summed E-state index contributed by atoms with van der Waals surface area (Å²) in [5.41, 5.74) is 1.72. The van der Waals surface area contributed by atoms with E-state index < -0.39 is 11.6 Å². The van der Waals surface area contributed by atoms with E-state index in [9.17, 15) is 8.78 Å². The molecule has 0 bridgehead atoms. The maximum atomic E-state index is 14.1. The van der Waals surface area contributed by atoms with Crippen LogP contribution in [0.25, 0.3) is 11.3 Å². The highest BCUT2D eigenvalue weighted by molar-refractivity contribution is 5.61. The standard InChI is InChI=1S/C22H29F2NO/c1-3-4-5-6-7-8-9-10-11-17-12-14-19(25-16-17)18-13-15-20(26-2)22(24)21(18)23/h12-16H,3-11H2,1-2H3. The Hall–Kier alpha value is -1.97. The first-order valence-corrected chi connectivity index (χ1v) is 9.64. The molecule has 26 heavy (non-hydrogen) atoms. The van der Waals surface area contributed by atoms with Crippen molar-refractivity contribution in [2.45, 2.75) is 64.7 Å². The number of ether oxygens (including phenoxy) is 1. The number of pyridine rings is 1. The van der Waals surface area contributed by atoms with E-state index in [2.05, 4.69) is 11.9 Å². The van der Waals surface area contributed by atoms with Gasteiger partial charge in [0.1, 0.15) is 0 Å². The predicted octanol–water partition coefficient (Wildman–Crippen LogP) is 6.72. The van der Waals surface area contributed by atoms with Gasteiger partial charge in [-0.2, -0.15) is 4.39 Å². The Morgan fingerprint density at radius 3 is 2.15 bits per heavy atom. The van der Waals surface area contributed by atoms with Crippen LogP contribution in [0.4, 0.5) is 8.78 Å². The molecule has 1 aromatic heterocycles. The van der Waals surface area contributed by atoms with Gasteiger partial charge in [0.25, 0.3) is 0 Å². The summed E-state index contributed by atoms with van der Waals surface area (Å²) in [6, 6.07) is 6.62. The molecule has 0 amide bonds. The molecule has 0 radical (unpaired) electrons. The van der Waals surface area contributed by atoms with Crippen molar-refractivity contribution in [3.05, 3.63) is 47.7 Å². The summed E-state index contributed by atoms with van der Waals surface area (Å²) in [5, 5.41) is 0. The predicted molar refractivity (Wildman–Crippen MR) is 102 cm³/mol. The topological polar surface area (TPSA) is 22.1 Å². The van der Waals surface area contributed by atoms with E-state index in [4.69, 9.17) is 4.74 Å². The van der Waals surface area contributed by atoms with E-state index in [0.29, 0.717) is 5.69 Å². The third-order valence-electron chi connectivity index (χ3n) is 4.69. The fraction of sp³-hybridized carbons (Fsp3) is 0.500. The van der Waals surface area contributed by atoms with Crippen molar-refractivity contribution >= 4 is 0 Å². The van der Waals surface area contributed by atoms with Crippen LogP contribution < -0.4 is 4.74 Å². The minimum absolute atomic E-state index is 0.0995. The van der Waals surface area contributed by atoms with E-state index in [0.717, 1.165) is 18.4 Å². The van der Waals surface area contributed by atoms with Gasteiger partial charge in [0.05, 0.1) is 12.8 Å². The molecule has 0 saturated heterocycles. The average molecular weight is 361 g/mol. The van der Waals surface area contributed by atoms with E-state index in [1.54, 1.807) is 12.3 Å². The molecule has 0 unspecified atom stereocenters. The van der Waals surface area contributed by atoms with Crippen LogP contribution in [0.3, 0.4) is 0 Å². The molecule has 0 aliphatic heterocycles. The van der Waals surface area contributed by atoms with Crippen molar-refractivity contribution < 1.29 is 13.5 Å². The number of aromatic nitrogens is 1. The van der Waals surface area contributed by atoms with Gasteiger partial charge in [0.15, 0.2) is 11.6 Å². The van der Waals surface area contributed by atoms with Gasteiger partial charge in [0, 0.05) is 11.8 Å². The Morgan fingerprint density at radius 1 is 0.846 bits per heavy atom. The molecule has 0 aliphatic carbocycles. The molecule has 1 aromatic carbocycles. The van der Waals surface area contributed by atoms with Crippen LogP contribution in [0.2, 0.25) is 0 Å². The molecule has 2 rings (SSSR count). The molecule has 4 heteroatoms. The smallest absolute Gasteiger partial charge is 0.201 e. The molecule has 0 fully saturated rings. The monoisotopic (exact) mass is 361 g/mol. The van der Waals surface area contributed by atoms with Crippen LogP contribution in [-0.2, 0) is 6.42 Å². The number of hydrogen-bond donors (Lipinski definition) is 0. The van der Waals surface area contributed by atoms with E-state index in [1.165, 1.54) is 64.2 Å². The Balaban J connectivity index is 1.82. The van der Waals surface area contributed by atoms with Crippen molar-refractivity contribution in [2.75, 3.05) is 7.11 Å². The third-order valence-corrected chi connectivity index (χ3v) is 4.69. The Morgan fingerprint density at radius 2 is 1.54 bits per heavy atom. The maximum Gasteiger partial charge on any atom is 0.201 e. The van der Waals surface area contributed by atoms with Gasteiger partial charge in [-0.25, -0.2) is 4.39 Å². The van der Waals surface area contributed by atoms with Gasteiger partial charge in [-0.05, 0) is 36.6 Å². The highest BCUT2D eigenvalue weighted by Crippen LogP contribution is 2.28. The number of methoxy groups -OCH3 is 1. The summed E-state index contributed by atoms with van der Waals surface area (Å²) in [5.74, 6) is -2.00. The number of nitrogens with zero attached hydrogens (tertiary/aromatic N) is 1. The number of halogens is 2. The summed E-state index contributed by atoms with van der Waals surface area (Å²) < 4.78 is 32.8. The van der Waals surface area contributed by atoms with Crippen LogP contribution in [0, 0.1) is 11.6 Å². The van der Waals surface area contributed by atoms with Gasteiger partial charge in [-0.3, -0.25) is 4.98 Å². The van der Waals surface area contributed by atoms with Crippen molar-refractivity contribution in [1.82, 2.24) is 4.98 Å². The van der Waals surface area contributed by atoms with Crippen LogP contribution in [0.1, 0.15) is 63.9 Å². The normalized spacial score (nSPS) is 10.9. The largest absolute Gasteiger partial charge is 0.494 e. The minimum atomic E-state index is -0.977. The summed E-state index contributed by atoms with van der Waals surface area (Å²) in [6.07, 6.45) is 13.0. The van der Waals surface area contributed by atoms with Gasteiger partial charge >= 0.3 is 0 Å². The second-order valence-electron chi connectivity index (χ2n) is 6.72. The fourth-order valence-electron chi connectivity index (χ4n) is 3.08. The number of unbranched alkanes of at least 4 members (excludes halogenated alkanes) is 7. The first-order valence-electron chi connectivity index (χ1n) is 9.64. The molecular weight excluding hydrogens is 332 g/mol. The fourth-order valence-corrected chi connectivity index (χ4v) is 3.08. The number of hydrogen-bond acceptors (Lipinski definition) is 2. The number of aryl methyl sites for hydroxylation is 1. The summed E-state index contributed by atoms with van der Waals surface area (Å²) in [6.45, 7) is 2.23. The quantitative estimate of drug-likeness (QED) is 0.415. The molecule has 1 heterocycles. The zero-order chi connectivity index (χ0) is 18.8. The molecule has 0 aliphatic rings. The third kappa shape index (κ3) is 5.79. The molecule has 0 N–H and O–H groups in total. The molecule has 2 aromatic rings. The lowest BCUT2D eigenvalue weighted by atomic mass is 10.0. The lowest BCUT2D eigenvalue weighted by Gasteiger charge is -2.08. The maximum absolute atomic E-state index is 14.1.